The van der Waals surface area contributed by atoms with Crippen LogP contribution in [-0.2, 0) is 20.0 Å². The van der Waals surface area contributed by atoms with Crippen LogP contribution in [0.2, 0.25) is 0 Å². The molecule has 1 aliphatic heterocycles. The van der Waals surface area contributed by atoms with Crippen molar-refractivity contribution < 1.29 is 21.6 Å². The first-order valence-electron chi connectivity index (χ1n) is 8.48. The molecule has 1 aliphatic rings. The van der Waals surface area contributed by atoms with Gasteiger partial charge in [0.25, 0.3) is 5.91 Å². The quantitative estimate of drug-likeness (QED) is 0.705. The minimum atomic E-state index is -3.50. The fourth-order valence-corrected chi connectivity index (χ4v) is 5.02. The van der Waals surface area contributed by atoms with Crippen molar-refractivity contribution in [3.63, 3.8) is 0 Å². The van der Waals surface area contributed by atoms with Crippen LogP contribution in [0.3, 0.4) is 0 Å². The maximum Gasteiger partial charge on any atom is 0.253 e. The second kappa shape index (κ2) is 8.36. The smallest absolute Gasteiger partial charge is 0.253 e. The molecule has 146 valence electrons. The van der Waals surface area contributed by atoms with E-state index in [1.807, 2.05) is 6.92 Å². The van der Waals surface area contributed by atoms with Gasteiger partial charge >= 0.3 is 0 Å². The lowest BCUT2D eigenvalue weighted by Gasteiger charge is -2.31. The third-order valence-electron chi connectivity index (χ3n) is 4.11. The molecule has 0 radical (unpaired) electrons. The molecule has 1 amide bonds. The van der Waals surface area contributed by atoms with E-state index < -0.39 is 20.0 Å². The molecule has 1 saturated heterocycles. The van der Waals surface area contributed by atoms with Gasteiger partial charge in [-0.15, -0.1) is 0 Å². The summed E-state index contributed by atoms with van der Waals surface area (Å²) in [5.41, 5.74) is 0.453. The highest BCUT2D eigenvalue weighted by atomic mass is 32.2. The summed E-state index contributed by atoms with van der Waals surface area (Å²) >= 11 is 0. The highest BCUT2D eigenvalue weighted by Gasteiger charge is 2.28. The molecule has 8 nitrogen and oxygen atoms in total. The van der Waals surface area contributed by atoms with E-state index in [1.165, 1.54) is 10.4 Å². The highest BCUT2D eigenvalue weighted by Crippen LogP contribution is 2.19. The zero-order chi connectivity index (χ0) is 19.4. The van der Waals surface area contributed by atoms with Gasteiger partial charge in [0.05, 0.1) is 23.3 Å². The van der Waals surface area contributed by atoms with Crippen LogP contribution in [0, 0.1) is 0 Å². The van der Waals surface area contributed by atoms with E-state index in [1.54, 1.807) is 18.2 Å². The van der Waals surface area contributed by atoms with Gasteiger partial charge in [-0.1, -0.05) is 19.1 Å². The van der Waals surface area contributed by atoms with Gasteiger partial charge in [-0.05, 0) is 31.4 Å². The third kappa shape index (κ3) is 5.68. The van der Waals surface area contributed by atoms with Crippen LogP contribution in [-0.4, -0.2) is 58.2 Å². The summed E-state index contributed by atoms with van der Waals surface area (Å²) < 4.78 is 50.9. The average molecular weight is 404 g/mol. The number of rotatable bonds is 7. The van der Waals surface area contributed by atoms with Crippen molar-refractivity contribution in [3.05, 3.63) is 29.8 Å². The molecule has 2 rings (SSSR count). The minimum absolute atomic E-state index is 0.133. The zero-order valence-corrected chi connectivity index (χ0v) is 16.6. The van der Waals surface area contributed by atoms with Gasteiger partial charge < -0.3 is 5.32 Å². The first-order valence-corrected chi connectivity index (χ1v) is 12.0. The van der Waals surface area contributed by atoms with Crippen molar-refractivity contribution in [1.82, 2.24) is 9.62 Å². The number of carbonyl (C=O) groups is 1. The average Bonchev–Trinajstić information content (AvgIpc) is 2.54. The fourth-order valence-electron chi connectivity index (χ4n) is 2.90. The number of carbonyl (C=O) groups excluding carboxylic acids is 1. The normalized spacial score (nSPS) is 17.0. The molecule has 2 N–H and O–H groups in total. The summed E-state index contributed by atoms with van der Waals surface area (Å²) in [6.07, 6.45) is 2.64. The van der Waals surface area contributed by atoms with E-state index >= 15 is 0 Å². The SMILES string of the molecule is CCCS(=O)(=O)N1CCC(NC(=O)c2ccccc2NS(C)(=O)=O)CC1. The van der Waals surface area contributed by atoms with E-state index in [2.05, 4.69) is 10.0 Å². The van der Waals surface area contributed by atoms with Crippen molar-refractivity contribution in [3.8, 4) is 0 Å². The Bertz CT molecular complexity index is 844. The Labute approximate surface area is 155 Å². The first kappa shape index (κ1) is 20.7. The van der Waals surface area contributed by atoms with E-state index in [4.69, 9.17) is 0 Å². The molecular formula is C16H25N3O5S2. The summed E-state index contributed by atoms with van der Waals surface area (Å²) in [6.45, 7) is 2.57. The molecule has 10 heteroatoms. The molecular weight excluding hydrogens is 378 g/mol. The van der Waals surface area contributed by atoms with E-state index in [0.29, 0.717) is 32.4 Å². The summed E-state index contributed by atoms with van der Waals surface area (Å²) in [5, 5.41) is 2.87. The standard InChI is InChI=1S/C16H25N3O5S2/c1-3-12-26(23,24)19-10-8-13(9-11-19)17-16(20)14-6-4-5-7-15(14)18-25(2,21)22/h4-7,13,18H,3,8-12H2,1-2H3,(H,17,20). The minimum Gasteiger partial charge on any atom is -0.349 e. The maximum atomic E-state index is 12.5. The number of benzene rings is 1. The number of sulfonamides is 2. The summed E-state index contributed by atoms with van der Waals surface area (Å²) in [5.74, 6) is -0.249. The van der Waals surface area contributed by atoms with Crippen molar-refractivity contribution >= 4 is 31.6 Å². The molecule has 0 spiro atoms. The van der Waals surface area contributed by atoms with Gasteiger partial charge in [0.15, 0.2) is 0 Å². The molecule has 1 aromatic rings. The van der Waals surface area contributed by atoms with Crippen molar-refractivity contribution in [2.75, 3.05) is 29.8 Å². The molecule has 26 heavy (non-hydrogen) atoms. The van der Waals surface area contributed by atoms with Gasteiger partial charge in [0, 0.05) is 19.1 Å². The number of nitrogens with one attached hydrogen (secondary N) is 2. The molecule has 1 fully saturated rings. The number of anilines is 1. The molecule has 0 bridgehead atoms. The predicted molar refractivity (Wildman–Crippen MR) is 101 cm³/mol. The largest absolute Gasteiger partial charge is 0.349 e. The Hall–Kier alpha value is -1.65. The van der Waals surface area contributed by atoms with Crippen LogP contribution in [0.5, 0.6) is 0 Å². The summed E-state index contributed by atoms with van der Waals surface area (Å²) in [7, 11) is -6.72. The van der Waals surface area contributed by atoms with Crippen LogP contribution in [0.15, 0.2) is 24.3 Å². The first-order chi connectivity index (χ1) is 12.1. The van der Waals surface area contributed by atoms with Gasteiger partial charge in [0.2, 0.25) is 20.0 Å². The lowest BCUT2D eigenvalue weighted by molar-refractivity contribution is 0.0925. The second-order valence-corrected chi connectivity index (χ2v) is 10.2. The van der Waals surface area contributed by atoms with Gasteiger partial charge in [-0.2, -0.15) is 0 Å². The summed E-state index contributed by atoms with van der Waals surface area (Å²) in [6, 6.07) is 6.21. The van der Waals surface area contributed by atoms with Gasteiger partial charge in [-0.3, -0.25) is 9.52 Å². The van der Waals surface area contributed by atoms with Crippen LogP contribution in [0.25, 0.3) is 0 Å². The van der Waals surface area contributed by atoms with E-state index in [9.17, 15) is 21.6 Å². The Kier molecular flexibility index (Phi) is 6.64. The lowest BCUT2D eigenvalue weighted by Crippen LogP contribution is -2.47. The van der Waals surface area contributed by atoms with Crippen molar-refractivity contribution in [1.29, 1.82) is 0 Å². The topological polar surface area (TPSA) is 113 Å². The molecule has 0 aromatic heterocycles. The molecule has 0 saturated carbocycles. The molecule has 1 heterocycles. The zero-order valence-electron chi connectivity index (χ0n) is 14.9. The number of hydrogen-bond acceptors (Lipinski definition) is 5. The van der Waals surface area contributed by atoms with E-state index in [-0.39, 0.29) is 29.0 Å². The van der Waals surface area contributed by atoms with E-state index in [0.717, 1.165) is 6.26 Å². The number of para-hydroxylation sites is 1. The molecule has 0 aliphatic carbocycles. The Morgan fingerprint density at radius 2 is 1.77 bits per heavy atom. The third-order valence-corrected chi connectivity index (χ3v) is 6.78. The van der Waals surface area contributed by atoms with Crippen LogP contribution in [0.1, 0.15) is 36.5 Å². The number of amides is 1. The highest BCUT2D eigenvalue weighted by molar-refractivity contribution is 7.92. The Morgan fingerprint density at radius 1 is 1.15 bits per heavy atom. The lowest BCUT2D eigenvalue weighted by atomic mass is 10.1. The number of hydrogen-bond donors (Lipinski definition) is 2. The van der Waals surface area contributed by atoms with Crippen LogP contribution < -0.4 is 10.0 Å². The van der Waals surface area contributed by atoms with Crippen LogP contribution in [0.4, 0.5) is 5.69 Å². The second-order valence-electron chi connectivity index (χ2n) is 6.38. The molecule has 0 unspecified atom stereocenters. The Morgan fingerprint density at radius 3 is 2.35 bits per heavy atom. The molecule has 0 atom stereocenters. The maximum absolute atomic E-state index is 12.5. The summed E-state index contributed by atoms with van der Waals surface area (Å²) in [4.78, 5) is 12.5. The van der Waals surface area contributed by atoms with Crippen LogP contribution >= 0.6 is 0 Å². The van der Waals surface area contributed by atoms with Crippen molar-refractivity contribution in [2.24, 2.45) is 0 Å². The molecule has 1 aromatic carbocycles. The monoisotopic (exact) mass is 403 g/mol. The number of piperidine rings is 1. The van der Waals surface area contributed by atoms with Gasteiger partial charge in [-0.25, -0.2) is 21.1 Å². The predicted octanol–water partition coefficient (Wildman–Crippen LogP) is 0.992. The fraction of sp³-hybridized carbons (Fsp3) is 0.562. The number of nitrogens with zero attached hydrogens (tertiary/aromatic N) is 1. The van der Waals surface area contributed by atoms with Gasteiger partial charge in [0.1, 0.15) is 0 Å². The van der Waals surface area contributed by atoms with Crippen molar-refractivity contribution in [2.45, 2.75) is 32.2 Å². The Balaban J connectivity index is 2.00.